The van der Waals surface area contributed by atoms with E-state index >= 15 is 0 Å². The molecule has 0 bridgehead atoms. The van der Waals surface area contributed by atoms with Crippen LogP contribution in [0.15, 0.2) is 12.1 Å². The van der Waals surface area contributed by atoms with Crippen LogP contribution in [0.3, 0.4) is 0 Å². The predicted molar refractivity (Wildman–Crippen MR) is 72.8 cm³/mol. The van der Waals surface area contributed by atoms with Crippen molar-refractivity contribution in [2.45, 2.75) is 32.7 Å². The lowest BCUT2D eigenvalue weighted by molar-refractivity contribution is -0.385. The molecule has 0 aromatic carbocycles. The maximum Gasteiger partial charge on any atom is 0.306 e. The van der Waals surface area contributed by atoms with Crippen molar-refractivity contribution in [3.05, 3.63) is 27.9 Å². The Kier molecular flexibility index (Phi) is 3.87. The van der Waals surface area contributed by atoms with Crippen LogP contribution in [0.2, 0.25) is 0 Å². The smallest absolute Gasteiger partial charge is 0.306 e. The zero-order chi connectivity index (χ0) is 14.9. The van der Waals surface area contributed by atoms with Crippen molar-refractivity contribution in [2.75, 3.05) is 11.4 Å². The Labute approximate surface area is 116 Å². The maximum atomic E-state index is 11.0. The number of carboxylic acid groups (broad SMARTS) is 1. The van der Waals surface area contributed by atoms with Gasteiger partial charge in [-0.15, -0.1) is 0 Å². The summed E-state index contributed by atoms with van der Waals surface area (Å²) in [5, 5.41) is 19.8. The van der Waals surface area contributed by atoms with E-state index in [2.05, 4.69) is 4.98 Å². The van der Waals surface area contributed by atoms with Crippen LogP contribution in [-0.4, -0.2) is 33.6 Å². The minimum atomic E-state index is -0.760. The molecule has 0 aliphatic carbocycles. The van der Waals surface area contributed by atoms with Gasteiger partial charge in [-0.25, -0.2) is 4.98 Å². The fourth-order valence-electron chi connectivity index (χ4n) is 2.63. The van der Waals surface area contributed by atoms with Gasteiger partial charge in [-0.2, -0.15) is 0 Å². The third-order valence-corrected chi connectivity index (χ3v) is 3.76. The van der Waals surface area contributed by atoms with E-state index in [4.69, 9.17) is 5.11 Å². The van der Waals surface area contributed by atoms with Gasteiger partial charge in [-0.3, -0.25) is 14.9 Å². The van der Waals surface area contributed by atoms with Gasteiger partial charge < -0.3 is 10.0 Å². The molecule has 0 saturated carbocycles. The zero-order valence-corrected chi connectivity index (χ0v) is 11.4. The summed E-state index contributed by atoms with van der Waals surface area (Å²) >= 11 is 0. The Morgan fingerprint density at radius 1 is 1.55 bits per heavy atom. The van der Waals surface area contributed by atoms with E-state index in [1.165, 1.54) is 6.07 Å². The molecular formula is C13H17N3O4. The SMILES string of the molecule is Cc1nc(N2CCC(C(=O)O)CC2C)ccc1[N+](=O)[O-]. The van der Waals surface area contributed by atoms with E-state index in [0.717, 1.165) is 0 Å². The number of hydrogen-bond acceptors (Lipinski definition) is 5. The van der Waals surface area contributed by atoms with Gasteiger partial charge >= 0.3 is 5.97 Å². The molecule has 7 heteroatoms. The molecule has 1 fully saturated rings. The summed E-state index contributed by atoms with van der Waals surface area (Å²) in [5.41, 5.74) is 0.377. The summed E-state index contributed by atoms with van der Waals surface area (Å²) in [5.74, 6) is -0.408. The number of aliphatic carboxylic acids is 1. The highest BCUT2D eigenvalue weighted by atomic mass is 16.6. The molecule has 0 spiro atoms. The molecule has 2 unspecified atom stereocenters. The highest BCUT2D eigenvalue weighted by Crippen LogP contribution is 2.28. The number of piperidine rings is 1. The monoisotopic (exact) mass is 279 g/mol. The van der Waals surface area contributed by atoms with Gasteiger partial charge in [0.1, 0.15) is 11.5 Å². The molecule has 0 amide bonds. The van der Waals surface area contributed by atoms with Gasteiger partial charge in [0.25, 0.3) is 5.69 Å². The second kappa shape index (κ2) is 5.44. The third-order valence-electron chi connectivity index (χ3n) is 3.76. The summed E-state index contributed by atoms with van der Waals surface area (Å²) in [6.07, 6.45) is 1.13. The van der Waals surface area contributed by atoms with E-state index in [9.17, 15) is 14.9 Å². The lowest BCUT2D eigenvalue weighted by Gasteiger charge is -2.37. The second-order valence-electron chi connectivity index (χ2n) is 5.13. The predicted octanol–water partition coefficient (Wildman–Crippen LogP) is 1.99. The van der Waals surface area contributed by atoms with E-state index in [0.29, 0.717) is 30.9 Å². The molecule has 108 valence electrons. The number of nitrogens with zero attached hydrogens (tertiary/aromatic N) is 3. The topological polar surface area (TPSA) is 96.6 Å². The Morgan fingerprint density at radius 2 is 2.25 bits per heavy atom. The van der Waals surface area contributed by atoms with E-state index in [1.807, 2.05) is 11.8 Å². The number of nitro groups is 1. The van der Waals surface area contributed by atoms with Gasteiger partial charge in [0.15, 0.2) is 0 Å². The fourth-order valence-corrected chi connectivity index (χ4v) is 2.63. The molecule has 2 atom stereocenters. The second-order valence-corrected chi connectivity index (χ2v) is 5.13. The van der Waals surface area contributed by atoms with Crippen LogP contribution in [0.25, 0.3) is 0 Å². The van der Waals surface area contributed by atoms with Gasteiger partial charge in [0.2, 0.25) is 0 Å². The van der Waals surface area contributed by atoms with Gasteiger partial charge in [0, 0.05) is 18.7 Å². The molecule has 1 saturated heterocycles. The number of aryl methyl sites for hydroxylation is 1. The van der Waals surface area contributed by atoms with Crippen LogP contribution in [0.1, 0.15) is 25.5 Å². The lowest BCUT2D eigenvalue weighted by Crippen LogP contribution is -2.43. The van der Waals surface area contributed by atoms with Crippen LogP contribution in [0.5, 0.6) is 0 Å². The largest absolute Gasteiger partial charge is 0.481 e. The Morgan fingerprint density at radius 3 is 2.75 bits per heavy atom. The van der Waals surface area contributed by atoms with Crippen LogP contribution < -0.4 is 4.90 Å². The highest BCUT2D eigenvalue weighted by Gasteiger charge is 2.30. The van der Waals surface area contributed by atoms with Crippen molar-refractivity contribution in [3.8, 4) is 0 Å². The van der Waals surface area contributed by atoms with E-state index in [1.54, 1.807) is 13.0 Å². The lowest BCUT2D eigenvalue weighted by atomic mass is 9.92. The van der Waals surface area contributed by atoms with E-state index < -0.39 is 10.9 Å². The Balaban J connectivity index is 2.19. The zero-order valence-electron chi connectivity index (χ0n) is 11.4. The van der Waals surface area contributed by atoms with Gasteiger partial charge in [0.05, 0.1) is 10.8 Å². The average molecular weight is 279 g/mol. The first-order valence-electron chi connectivity index (χ1n) is 6.51. The quantitative estimate of drug-likeness (QED) is 0.671. The summed E-state index contributed by atoms with van der Waals surface area (Å²) < 4.78 is 0. The van der Waals surface area contributed by atoms with Crippen molar-refractivity contribution in [2.24, 2.45) is 5.92 Å². The molecule has 1 N–H and O–H groups in total. The number of aromatic nitrogens is 1. The number of anilines is 1. The molecule has 1 aromatic rings. The molecule has 1 aliphatic heterocycles. The van der Waals surface area contributed by atoms with Crippen molar-refractivity contribution in [1.82, 2.24) is 4.98 Å². The van der Waals surface area contributed by atoms with Crippen molar-refractivity contribution in [1.29, 1.82) is 0 Å². The number of hydrogen-bond donors (Lipinski definition) is 1. The third kappa shape index (κ3) is 2.71. The number of rotatable bonds is 3. The maximum absolute atomic E-state index is 11.0. The fraction of sp³-hybridized carbons (Fsp3) is 0.538. The van der Waals surface area contributed by atoms with Crippen LogP contribution in [-0.2, 0) is 4.79 Å². The molecule has 1 aliphatic rings. The first kappa shape index (κ1) is 14.2. The molecule has 7 nitrogen and oxygen atoms in total. The molecule has 1 aromatic heterocycles. The summed E-state index contributed by atoms with van der Waals surface area (Å²) in [4.78, 5) is 27.6. The average Bonchev–Trinajstić information content (AvgIpc) is 2.37. The van der Waals surface area contributed by atoms with Crippen molar-refractivity contribution < 1.29 is 14.8 Å². The van der Waals surface area contributed by atoms with E-state index in [-0.39, 0.29) is 17.6 Å². The Bertz CT molecular complexity index is 546. The molecule has 20 heavy (non-hydrogen) atoms. The molecular weight excluding hydrogens is 262 g/mol. The Hall–Kier alpha value is -2.18. The summed E-state index contributed by atoms with van der Waals surface area (Å²) in [7, 11) is 0. The standard InChI is InChI=1S/C13H17N3O4/c1-8-7-10(13(17)18)5-6-15(8)12-4-3-11(16(19)20)9(2)14-12/h3-4,8,10H,5-7H2,1-2H3,(H,17,18). The van der Waals surface area contributed by atoms with Gasteiger partial charge in [-0.1, -0.05) is 0 Å². The van der Waals surface area contributed by atoms with Crippen molar-refractivity contribution in [3.63, 3.8) is 0 Å². The number of carboxylic acids is 1. The minimum absolute atomic E-state index is 0.00169. The van der Waals surface area contributed by atoms with Crippen molar-refractivity contribution >= 4 is 17.5 Å². The van der Waals surface area contributed by atoms with Crippen LogP contribution in [0, 0.1) is 23.0 Å². The van der Waals surface area contributed by atoms with Gasteiger partial charge in [-0.05, 0) is 32.8 Å². The normalized spacial score (nSPS) is 22.6. The number of carbonyl (C=O) groups is 1. The molecule has 0 radical (unpaired) electrons. The first-order valence-corrected chi connectivity index (χ1v) is 6.51. The molecule has 2 heterocycles. The van der Waals surface area contributed by atoms with Crippen LogP contribution in [0.4, 0.5) is 11.5 Å². The number of pyridine rings is 1. The minimum Gasteiger partial charge on any atom is -0.481 e. The summed E-state index contributed by atoms with van der Waals surface area (Å²) in [6, 6.07) is 3.13. The first-order chi connectivity index (χ1) is 9.40. The van der Waals surface area contributed by atoms with Crippen LogP contribution >= 0.6 is 0 Å². The highest BCUT2D eigenvalue weighted by molar-refractivity contribution is 5.70. The summed E-state index contributed by atoms with van der Waals surface area (Å²) in [6.45, 7) is 4.16. The molecule has 2 rings (SSSR count).